The number of halogens is 2. The minimum atomic E-state index is -0.471. The summed E-state index contributed by atoms with van der Waals surface area (Å²) in [6, 6.07) is 9.19. The number of amides is 1. The molecule has 1 amide bonds. The molecule has 0 aromatic heterocycles. The molecule has 4 nitrogen and oxygen atoms in total. The second-order valence-electron chi connectivity index (χ2n) is 4.87. The molecule has 0 saturated carbocycles. The van der Waals surface area contributed by atoms with Crippen molar-refractivity contribution >= 4 is 39.9 Å². The van der Waals surface area contributed by atoms with E-state index in [1.54, 1.807) is 30.3 Å². The van der Waals surface area contributed by atoms with Gasteiger partial charge >= 0.3 is 0 Å². The van der Waals surface area contributed by atoms with Crippen LogP contribution < -0.4 is 10.6 Å². The maximum Gasteiger partial charge on any atom is 0.247 e. The molecule has 2 aromatic carbocycles. The molecular weight excluding hydrogens is 386 g/mol. The highest BCUT2D eigenvalue weighted by molar-refractivity contribution is 14.1. The first kappa shape index (κ1) is 14.1. The summed E-state index contributed by atoms with van der Waals surface area (Å²) in [4.78, 5) is 12.1. The Balaban J connectivity index is 1.83. The van der Waals surface area contributed by atoms with Crippen LogP contribution in [-0.2, 0) is 11.2 Å². The van der Waals surface area contributed by atoms with Gasteiger partial charge < -0.3 is 15.7 Å². The number of rotatable bonds is 2. The number of hydrogen-bond donors (Lipinski definition) is 3. The zero-order valence-electron chi connectivity index (χ0n) is 10.9. The SMILES string of the molecule is O=C1Nc2cc(I)c(F)cc2NC1Cc1ccc(O)cc1. The van der Waals surface area contributed by atoms with E-state index in [9.17, 15) is 14.3 Å². The molecule has 1 heterocycles. The minimum Gasteiger partial charge on any atom is -0.508 e. The molecule has 2 aromatic rings. The van der Waals surface area contributed by atoms with Crippen molar-refractivity contribution in [1.29, 1.82) is 0 Å². The van der Waals surface area contributed by atoms with E-state index >= 15 is 0 Å². The summed E-state index contributed by atoms with van der Waals surface area (Å²) in [6.45, 7) is 0. The predicted molar refractivity (Wildman–Crippen MR) is 87.0 cm³/mol. The number of carbonyl (C=O) groups excluding carboxylic acids is 1. The second-order valence-corrected chi connectivity index (χ2v) is 6.03. The summed E-state index contributed by atoms with van der Waals surface area (Å²) >= 11 is 1.89. The molecule has 0 fully saturated rings. The molecule has 0 spiro atoms. The van der Waals surface area contributed by atoms with Crippen LogP contribution in [0.3, 0.4) is 0 Å². The fourth-order valence-electron chi connectivity index (χ4n) is 2.25. The van der Waals surface area contributed by atoms with E-state index in [-0.39, 0.29) is 17.5 Å². The number of fused-ring (bicyclic) bond motifs is 1. The van der Waals surface area contributed by atoms with Crippen molar-refractivity contribution in [3.63, 3.8) is 0 Å². The fraction of sp³-hybridized carbons (Fsp3) is 0.133. The molecule has 1 unspecified atom stereocenters. The Labute approximate surface area is 134 Å². The van der Waals surface area contributed by atoms with Crippen LogP contribution in [-0.4, -0.2) is 17.1 Å². The van der Waals surface area contributed by atoms with Crippen LogP contribution in [0.15, 0.2) is 36.4 Å². The van der Waals surface area contributed by atoms with E-state index in [0.29, 0.717) is 21.4 Å². The third kappa shape index (κ3) is 2.94. The quantitative estimate of drug-likeness (QED) is 0.682. The van der Waals surface area contributed by atoms with Crippen LogP contribution in [0.2, 0.25) is 0 Å². The molecule has 108 valence electrons. The van der Waals surface area contributed by atoms with Crippen molar-refractivity contribution in [2.24, 2.45) is 0 Å². The first-order chi connectivity index (χ1) is 10.0. The van der Waals surface area contributed by atoms with Gasteiger partial charge in [0, 0.05) is 12.5 Å². The number of phenolic OH excluding ortho intramolecular Hbond substituents is 1. The highest BCUT2D eigenvalue weighted by atomic mass is 127. The summed E-state index contributed by atoms with van der Waals surface area (Å²) in [7, 11) is 0. The summed E-state index contributed by atoms with van der Waals surface area (Å²) in [5.41, 5.74) is 2.08. The second kappa shape index (κ2) is 5.51. The van der Waals surface area contributed by atoms with E-state index in [2.05, 4.69) is 10.6 Å². The maximum atomic E-state index is 13.6. The van der Waals surface area contributed by atoms with Gasteiger partial charge in [-0.2, -0.15) is 0 Å². The van der Waals surface area contributed by atoms with E-state index in [0.717, 1.165) is 5.56 Å². The number of hydrogen-bond acceptors (Lipinski definition) is 3. The topological polar surface area (TPSA) is 61.4 Å². The van der Waals surface area contributed by atoms with Gasteiger partial charge in [0.2, 0.25) is 5.91 Å². The average Bonchev–Trinajstić information content (AvgIpc) is 2.44. The van der Waals surface area contributed by atoms with Crippen LogP contribution >= 0.6 is 22.6 Å². The van der Waals surface area contributed by atoms with Gasteiger partial charge in [-0.25, -0.2) is 4.39 Å². The van der Waals surface area contributed by atoms with Crippen molar-refractivity contribution in [3.8, 4) is 5.75 Å². The van der Waals surface area contributed by atoms with Gasteiger partial charge in [0.1, 0.15) is 17.6 Å². The number of benzene rings is 2. The number of nitrogens with one attached hydrogen (secondary N) is 2. The summed E-state index contributed by atoms with van der Waals surface area (Å²) < 4.78 is 14.1. The van der Waals surface area contributed by atoms with Gasteiger partial charge in [0.25, 0.3) is 0 Å². The molecule has 0 radical (unpaired) electrons. The Morgan fingerprint density at radius 2 is 1.90 bits per heavy atom. The first-order valence-electron chi connectivity index (χ1n) is 6.37. The molecule has 3 rings (SSSR count). The summed E-state index contributed by atoms with van der Waals surface area (Å²) in [5.74, 6) is -0.291. The van der Waals surface area contributed by atoms with E-state index in [1.165, 1.54) is 6.07 Å². The summed E-state index contributed by atoms with van der Waals surface area (Å²) in [5, 5.41) is 15.1. The van der Waals surface area contributed by atoms with Gasteiger partial charge in [0.05, 0.1) is 14.9 Å². The lowest BCUT2D eigenvalue weighted by atomic mass is 10.0. The number of phenols is 1. The van der Waals surface area contributed by atoms with E-state index < -0.39 is 6.04 Å². The van der Waals surface area contributed by atoms with Crippen molar-refractivity contribution < 1.29 is 14.3 Å². The Morgan fingerprint density at radius 3 is 2.62 bits per heavy atom. The fourth-order valence-corrected chi connectivity index (χ4v) is 2.72. The number of anilines is 2. The molecule has 0 saturated heterocycles. The first-order valence-corrected chi connectivity index (χ1v) is 7.45. The van der Waals surface area contributed by atoms with Crippen LogP contribution in [0.1, 0.15) is 5.56 Å². The van der Waals surface area contributed by atoms with Gasteiger partial charge in [-0.1, -0.05) is 12.1 Å². The molecular formula is C15H12FIN2O2. The zero-order valence-corrected chi connectivity index (χ0v) is 13.0. The lowest BCUT2D eigenvalue weighted by molar-refractivity contribution is -0.117. The Kier molecular flexibility index (Phi) is 3.71. The molecule has 0 aliphatic carbocycles. The van der Waals surface area contributed by atoms with Gasteiger partial charge in [-0.15, -0.1) is 0 Å². The Hall–Kier alpha value is -1.83. The van der Waals surface area contributed by atoms with Crippen LogP contribution in [0.4, 0.5) is 15.8 Å². The highest BCUT2D eigenvalue weighted by Gasteiger charge is 2.26. The minimum absolute atomic E-state index is 0.155. The predicted octanol–water partition coefficient (Wildman–Crippen LogP) is 3.11. The monoisotopic (exact) mass is 398 g/mol. The van der Waals surface area contributed by atoms with Crippen molar-refractivity contribution in [2.45, 2.75) is 12.5 Å². The van der Waals surface area contributed by atoms with Gasteiger partial charge in [-0.05, 0) is 46.4 Å². The van der Waals surface area contributed by atoms with Crippen molar-refractivity contribution in [1.82, 2.24) is 0 Å². The van der Waals surface area contributed by atoms with Gasteiger partial charge in [0.15, 0.2) is 0 Å². The number of carbonyl (C=O) groups is 1. The molecule has 1 atom stereocenters. The van der Waals surface area contributed by atoms with Crippen LogP contribution in [0.25, 0.3) is 0 Å². The third-order valence-corrected chi connectivity index (χ3v) is 4.17. The van der Waals surface area contributed by atoms with Crippen LogP contribution in [0, 0.1) is 9.39 Å². The van der Waals surface area contributed by atoms with E-state index in [1.807, 2.05) is 22.6 Å². The van der Waals surface area contributed by atoms with Crippen molar-refractivity contribution in [3.05, 3.63) is 51.3 Å². The smallest absolute Gasteiger partial charge is 0.247 e. The highest BCUT2D eigenvalue weighted by Crippen LogP contribution is 2.31. The van der Waals surface area contributed by atoms with Gasteiger partial charge in [-0.3, -0.25) is 4.79 Å². The molecule has 3 N–H and O–H groups in total. The lowest BCUT2D eigenvalue weighted by Gasteiger charge is -2.27. The number of aromatic hydroxyl groups is 1. The largest absolute Gasteiger partial charge is 0.508 e. The maximum absolute atomic E-state index is 13.6. The van der Waals surface area contributed by atoms with Crippen LogP contribution in [0.5, 0.6) is 5.75 Å². The van der Waals surface area contributed by atoms with E-state index in [4.69, 9.17) is 0 Å². The molecule has 21 heavy (non-hydrogen) atoms. The zero-order chi connectivity index (χ0) is 15.0. The lowest BCUT2D eigenvalue weighted by Crippen LogP contribution is -2.40. The Morgan fingerprint density at radius 1 is 1.19 bits per heavy atom. The molecule has 6 heteroatoms. The molecule has 0 bridgehead atoms. The normalized spacial score (nSPS) is 16.9. The van der Waals surface area contributed by atoms with Crippen molar-refractivity contribution in [2.75, 3.05) is 10.6 Å². The standard InChI is InChI=1S/C15H12FIN2O2/c16-10-6-12-13(7-11(10)17)19-15(21)14(18-12)5-8-1-3-9(20)4-2-8/h1-4,6-7,14,18,20H,5H2,(H,19,21). The average molecular weight is 398 g/mol. The Bertz CT molecular complexity index is 704. The molecule has 1 aliphatic heterocycles. The molecule has 1 aliphatic rings. The third-order valence-electron chi connectivity index (χ3n) is 3.34. The summed E-state index contributed by atoms with van der Waals surface area (Å²) in [6.07, 6.45) is 0.457.